The normalized spacial score (nSPS) is 13.4. The highest BCUT2D eigenvalue weighted by Crippen LogP contribution is 2.36. The van der Waals surface area contributed by atoms with Gasteiger partial charge >= 0.3 is 6.18 Å². The largest absolute Gasteiger partial charge is 0.417 e. The van der Waals surface area contributed by atoms with Gasteiger partial charge in [0.1, 0.15) is 0 Å². The Morgan fingerprint density at radius 1 is 1.10 bits per heavy atom. The van der Waals surface area contributed by atoms with Crippen molar-refractivity contribution < 1.29 is 30.0 Å². The lowest BCUT2D eigenvalue weighted by atomic mass is 10.2. The summed E-state index contributed by atoms with van der Waals surface area (Å²) in [5.41, 5.74) is -1.36. The third-order valence-electron chi connectivity index (χ3n) is 2.18. The monoisotopic (exact) mass is 414 g/mol. The zero-order valence-corrected chi connectivity index (χ0v) is 13.5. The highest BCUT2D eigenvalue weighted by Gasteiger charge is 2.37. The summed E-state index contributed by atoms with van der Waals surface area (Å²) in [4.78, 5) is -0.978. The van der Waals surface area contributed by atoms with Crippen LogP contribution in [-0.2, 0) is 25.1 Å². The Labute approximate surface area is 126 Å². The fourth-order valence-corrected chi connectivity index (χ4v) is 4.92. The van der Waals surface area contributed by atoms with E-state index < -0.39 is 47.0 Å². The van der Waals surface area contributed by atoms with Crippen LogP contribution in [0.5, 0.6) is 0 Å². The van der Waals surface area contributed by atoms with Gasteiger partial charge in [0.25, 0.3) is 0 Å². The Morgan fingerprint density at radius 3 is 2.10 bits per heavy atom. The summed E-state index contributed by atoms with van der Waals surface area (Å²) >= 11 is 2.81. The first-order valence-corrected chi connectivity index (χ1v) is 9.77. The zero-order valence-electron chi connectivity index (χ0n) is 9.49. The first-order valence-electron chi connectivity index (χ1n) is 4.85. The lowest BCUT2D eigenvalue weighted by Gasteiger charge is -2.13. The maximum atomic E-state index is 12.8. The fraction of sp³-hybridized carbons (Fsp3) is 0.333. The van der Waals surface area contributed by atoms with E-state index in [1.165, 1.54) is 0 Å². The second kappa shape index (κ2) is 5.82. The molecule has 114 valence electrons. The Morgan fingerprint density at radius 2 is 1.65 bits per heavy atom. The molecule has 0 fully saturated rings. The van der Waals surface area contributed by atoms with E-state index in [4.69, 9.17) is 10.7 Å². The van der Waals surface area contributed by atoms with Crippen LogP contribution in [0.25, 0.3) is 0 Å². The van der Waals surface area contributed by atoms with Crippen LogP contribution in [0.1, 0.15) is 5.56 Å². The molecule has 20 heavy (non-hydrogen) atoms. The van der Waals surface area contributed by atoms with Crippen LogP contribution in [0.3, 0.4) is 0 Å². The van der Waals surface area contributed by atoms with E-state index in [1.807, 2.05) is 0 Å². The number of hydrogen-bond acceptors (Lipinski definition) is 4. The van der Waals surface area contributed by atoms with Crippen LogP contribution in [0, 0.1) is 0 Å². The summed E-state index contributed by atoms with van der Waals surface area (Å²) in [5, 5.41) is 0. The van der Waals surface area contributed by atoms with E-state index in [1.54, 1.807) is 0 Å². The predicted octanol–water partition coefficient (Wildman–Crippen LogP) is 2.81. The Kier molecular flexibility index (Phi) is 5.16. The van der Waals surface area contributed by atoms with E-state index in [0.29, 0.717) is 6.07 Å². The third kappa shape index (κ3) is 4.90. The quantitative estimate of drug-likeness (QED) is 0.709. The molecule has 0 aromatic heterocycles. The second-order valence-corrected chi connectivity index (χ2v) is 9.59. The second-order valence-electron chi connectivity index (χ2n) is 3.70. The minimum atomic E-state index is -4.88. The summed E-state index contributed by atoms with van der Waals surface area (Å²) in [5.74, 6) is -1.99. The molecule has 0 amide bonds. The van der Waals surface area contributed by atoms with Crippen LogP contribution in [0.2, 0.25) is 0 Å². The summed E-state index contributed by atoms with van der Waals surface area (Å²) in [7, 11) is -3.69. The summed E-state index contributed by atoms with van der Waals surface area (Å²) in [6.07, 6.45) is -4.88. The molecule has 0 radical (unpaired) electrons. The van der Waals surface area contributed by atoms with Gasteiger partial charge in [0.05, 0.1) is 22.0 Å². The first-order chi connectivity index (χ1) is 8.83. The van der Waals surface area contributed by atoms with Crippen LogP contribution < -0.4 is 0 Å². The molecule has 1 aromatic rings. The molecule has 0 aliphatic carbocycles. The molecule has 4 nitrogen and oxygen atoms in total. The molecule has 0 N–H and O–H groups in total. The van der Waals surface area contributed by atoms with Crippen LogP contribution in [0.15, 0.2) is 27.6 Å². The van der Waals surface area contributed by atoms with Gasteiger partial charge in [0, 0.05) is 15.2 Å². The Balaban J connectivity index is 3.32. The Hall–Kier alpha value is -0.320. The molecule has 0 bridgehead atoms. The van der Waals surface area contributed by atoms with E-state index >= 15 is 0 Å². The number of rotatable bonds is 4. The van der Waals surface area contributed by atoms with Gasteiger partial charge in [0.2, 0.25) is 9.05 Å². The van der Waals surface area contributed by atoms with Gasteiger partial charge in [-0.15, -0.1) is 0 Å². The van der Waals surface area contributed by atoms with Crippen molar-refractivity contribution in [3.63, 3.8) is 0 Å². The summed E-state index contributed by atoms with van der Waals surface area (Å²) in [6, 6.07) is 2.50. The molecular weight excluding hydrogens is 409 g/mol. The molecule has 11 heteroatoms. The van der Waals surface area contributed by atoms with Gasteiger partial charge in [-0.1, -0.05) is 15.9 Å². The van der Waals surface area contributed by atoms with Crippen molar-refractivity contribution in [1.29, 1.82) is 0 Å². The van der Waals surface area contributed by atoms with Gasteiger partial charge in [0.15, 0.2) is 9.84 Å². The SMILES string of the molecule is O=S(=O)(Cl)CCS(=O)(=O)c1ccc(Br)cc1C(F)(F)F. The first kappa shape index (κ1) is 17.7. The van der Waals surface area contributed by atoms with Gasteiger partial charge in [-0.25, -0.2) is 16.8 Å². The van der Waals surface area contributed by atoms with E-state index in [-0.39, 0.29) is 4.47 Å². The molecule has 0 unspecified atom stereocenters. The fourth-order valence-electron chi connectivity index (χ4n) is 1.31. The Bertz CT molecular complexity index is 713. The molecular formula is C9H7BrClF3O4S2. The highest BCUT2D eigenvalue weighted by atomic mass is 79.9. The standard InChI is InChI=1S/C9H7BrClF3O4S2/c10-6-1-2-8(7(5-6)9(12,13)14)19(15,16)3-4-20(11,17)18/h1-2,5H,3-4H2. The number of benzene rings is 1. The van der Waals surface area contributed by atoms with Crippen LogP contribution in [0.4, 0.5) is 13.2 Å². The molecule has 0 atom stereocenters. The van der Waals surface area contributed by atoms with Gasteiger partial charge < -0.3 is 0 Å². The third-order valence-corrected chi connectivity index (χ3v) is 5.85. The van der Waals surface area contributed by atoms with Crippen molar-refractivity contribution in [2.45, 2.75) is 11.1 Å². The number of halogens is 5. The van der Waals surface area contributed by atoms with Crippen molar-refractivity contribution in [2.24, 2.45) is 0 Å². The van der Waals surface area contributed by atoms with Crippen molar-refractivity contribution in [1.82, 2.24) is 0 Å². The average molecular weight is 416 g/mol. The average Bonchev–Trinajstić information content (AvgIpc) is 2.24. The van der Waals surface area contributed by atoms with E-state index in [0.717, 1.165) is 12.1 Å². The summed E-state index contributed by atoms with van der Waals surface area (Å²) < 4.78 is 83.5. The topological polar surface area (TPSA) is 68.3 Å². The molecule has 1 aromatic carbocycles. The molecule has 0 aliphatic rings. The van der Waals surface area contributed by atoms with E-state index in [9.17, 15) is 30.0 Å². The van der Waals surface area contributed by atoms with Gasteiger partial charge in [-0.3, -0.25) is 0 Å². The molecule has 0 spiro atoms. The van der Waals surface area contributed by atoms with Crippen molar-refractivity contribution in [3.8, 4) is 0 Å². The summed E-state index contributed by atoms with van der Waals surface area (Å²) in [6.45, 7) is 0. The molecule has 0 aliphatic heterocycles. The lowest BCUT2D eigenvalue weighted by molar-refractivity contribution is -0.139. The number of hydrogen-bond donors (Lipinski definition) is 0. The maximum Gasteiger partial charge on any atom is 0.417 e. The van der Waals surface area contributed by atoms with Crippen molar-refractivity contribution in [3.05, 3.63) is 28.2 Å². The minimum Gasteiger partial charge on any atom is -0.224 e. The molecule has 1 rings (SSSR count). The highest BCUT2D eigenvalue weighted by molar-refractivity contribution is 9.10. The van der Waals surface area contributed by atoms with Crippen molar-refractivity contribution >= 4 is 45.5 Å². The lowest BCUT2D eigenvalue weighted by Crippen LogP contribution is -2.19. The molecule has 0 heterocycles. The van der Waals surface area contributed by atoms with Crippen LogP contribution >= 0.6 is 26.6 Å². The smallest absolute Gasteiger partial charge is 0.224 e. The minimum absolute atomic E-state index is 0.0498. The van der Waals surface area contributed by atoms with Gasteiger partial charge in [-0.2, -0.15) is 13.2 Å². The zero-order chi connectivity index (χ0) is 15.8. The maximum absolute atomic E-state index is 12.8. The molecule has 0 saturated heterocycles. The van der Waals surface area contributed by atoms with Crippen LogP contribution in [-0.4, -0.2) is 28.3 Å². The number of alkyl halides is 3. The van der Waals surface area contributed by atoms with E-state index in [2.05, 4.69) is 15.9 Å². The van der Waals surface area contributed by atoms with Crippen molar-refractivity contribution in [2.75, 3.05) is 11.5 Å². The predicted molar refractivity (Wildman–Crippen MR) is 70.8 cm³/mol. The van der Waals surface area contributed by atoms with Gasteiger partial charge in [-0.05, 0) is 18.2 Å². The molecule has 0 saturated carbocycles. The number of sulfone groups is 1.